The number of pyridine rings is 1. The number of primary amides is 1. The Morgan fingerprint density at radius 2 is 2.00 bits per heavy atom. The number of carbonyl (C=O) groups is 3. The van der Waals surface area contributed by atoms with Crippen LogP contribution in [0.25, 0.3) is 10.9 Å². The lowest BCUT2D eigenvalue weighted by atomic mass is 10.1. The molecular weight excluding hydrogens is 467 g/mol. The van der Waals surface area contributed by atoms with Crippen LogP contribution in [0.3, 0.4) is 0 Å². The highest BCUT2D eigenvalue weighted by atomic mass is 35.5. The Morgan fingerprint density at radius 3 is 2.64 bits per heavy atom. The molecule has 3 amide bonds. The lowest BCUT2D eigenvalue weighted by Gasteiger charge is -2.28. The van der Waals surface area contributed by atoms with Crippen molar-refractivity contribution in [3.05, 3.63) is 23.1 Å². The van der Waals surface area contributed by atoms with Crippen molar-refractivity contribution in [2.24, 2.45) is 17.6 Å². The number of rotatable bonds is 6. The molecule has 1 saturated heterocycles. The van der Waals surface area contributed by atoms with Crippen LogP contribution in [0, 0.1) is 25.7 Å². The van der Waals surface area contributed by atoms with Crippen LogP contribution < -0.4 is 11.1 Å². The second-order valence-electron chi connectivity index (χ2n) is 9.60. The molecule has 11 heteroatoms. The van der Waals surface area contributed by atoms with Gasteiger partial charge in [-0.2, -0.15) is 5.10 Å². The third-order valence-corrected chi connectivity index (χ3v) is 7.96. The zero-order valence-electron chi connectivity index (χ0n) is 18.6. The monoisotopic (exact) mass is 492 g/mol. The zero-order valence-corrected chi connectivity index (χ0v) is 20.2. The topological polar surface area (TPSA) is 123 Å². The standard InChI is InChI=1S/C22H26Cl2N6O3/c1-9-4-13-18(20(25)32)28-29(19(13)11(3)26-9)8-17(31)30-15-5-12(15)6-16(30)21(33)27-10(2)14-7-22(14,23)24/h4,10,12,14-16H,5-8H2,1-3H3,(H2,25,32)(H,27,33)/t10-,12-,14-,15-,16+/m1/s1. The van der Waals surface area contributed by atoms with Crippen LogP contribution in [0.15, 0.2) is 6.07 Å². The SMILES string of the molecule is Cc1cc2c(C(N)=O)nn(CC(=O)N3[C@@H]4C[C@@H]4C[C@H]3C(=O)N[C@H](C)[C@H]3CC3(Cl)Cl)c2c(C)n1. The molecule has 3 heterocycles. The fourth-order valence-electron chi connectivity index (χ4n) is 5.31. The summed E-state index contributed by atoms with van der Waals surface area (Å²) < 4.78 is 0.690. The molecule has 2 aromatic rings. The number of alkyl halides is 2. The summed E-state index contributed by atoms with van der Waals surface area (Å²) in [6.45, 7) is 5.41. The first kappa shape index (κ1) is 22.4. The van der Waals surface area contributed by atoms with E-state index in [0.29, 0.717) is 35.4 Å². The number of halogens is 2. The third-order valence-electron chi connectivity index (χ3n) is 7.09. The highest BCUT2D eigenvalue weighted by molar-refractivity contribution is 6.51. The molecule has 0 aromatic carbocycles. The summed E-state index contributed by atoms with van der Waals surface area (Å²) in [7, 11) is 0. The predicted molar refractivity (Wildman–Crippen MR) is 123 cm³/mol. The second kappa shape index (κ2) is 7.56. The van der Waals surface area contributed by atoms with E-state index in [1.165, 1.54) is 4.68 Å². The van der Waals surface area contributed by atoms with E-state index < -0.39 is 16.3 Å². The summed E-state index contributed by atoms with van der Waals surface area (Å²) in [6, 6.07) is 1.09. The van der Waals surface area contributed by atoms with Crippen LogP contribution in [0.5, 0.6) is 0 Å². The van der Waals surface area contributed by atoms with Crippen LogP contribution in [-0.2, 0) is 16.1 Å². The number of fused-ring (bicyclic) bond motifs is 2. The summed E-state index contributed by atoms with van der Waals surface area (Å²) in [6.07, 6.45) is 2.17. The minimum Gasteiger partial charge on any atom is -0.364 e. The Kier molecular flexibility index (Phi) is 5.13. The van der Waals surface area contributed by atoms with Gasteiger partial charge in [0.1, 0.15) is 16.9 Å². The number of amides is 3. The van der Waals surface area contributed by atoms with Crippen molar-refractivity contribution in [1.82, 2.24) is 25.0 Å². The number of aromatic nitrogens is 3. The summed E-state index contributed by atoms with van der Waals surface area (Å²) >= 11 is 12.3. The van der Waals surface area contributed by atoms with Crippen LogP contribution >= 0.6 is 23.2 Å². The molecular formula is C22H26Cl2N6O3. The van der Waals surface area contributed by atoms with Gasteiger partial charge in [-0.1, -0.05) is 0 Å². The highest BCUT2D eigenvalue weighted by Crippen LogP contribution is 2.55. The average molecular weight is 493 g/mol. The Hall–Kier alpha value is -2.39. The predicted octanol–water partition coefficient (Wildman–Crippen LogP) is 1.83. The summed E-state index contributed by atoms with van der Waals surface area (Å²) in [5.74, 6) is -0.728. The fourth-order valence-corrected chi connectivity index (χ4v) is 6.02. The van der Waals surface area contributed by atoms with Gasteiger partial charge in [-0.3, -0.25) is 24.0 Å². The first-order chi connectivity index (χ1) is 15.5. The molecule has 33 heavy (non-hydrogen) atoms. The average Bonchev–Trinajstić information content (AvgIpc) is 3.51. The van der Waals surface area contributed by atoms with E-state index in [1.54, 1.807) is 17.9 Å². The Balaban J connectivity index is 1.37. The van der Waals surface area contributed by atoms with Gasteiger partial charge < -0.3 is 16.0 Å². The minimum absolute atomic E-state index is 0.00599. The maximum Gasteiger partial charge on any atom is 0.269 e. The van der Waals surface area contributed by atoms with Crippen LogP contribution in [0.2, 0.25) is 0 Å². The van der Waals surface area contributed by atoms with E-state index >= 15 is 0 Å². The maximum absolute atomic E-state index is 13.4. The van der Waals surface area contributed by atoms with Gasteiger partial charge in [0.2, 0.25) is 11.8 Å². The number of nitrogens with one attached hydrogen (secondary N) is 1. The van der Waals surface area contributed by atoms with E-state index in [0.717, 1.165) is 12.1 Å². The molecule has 2 aromatic heterocycles. The number of piperidine rings is 1. The number of aryl methyl sites for hydroxylation is 2. The molecule has 1 aliphatic heterocycles. The number of carbonyl (C=O) groups excluding carboxylic acids is 3. The number of likely N-dealkylation sites (tertiary alicyclic amines) is 1. The smallest absolute Gasteiger partial charge is 0.269 e. The lowest BCUT2D eigenvalue weighted by molar-refractivity contribution is -0.140. The van der Waals surface area contributed by atoms with Gasteiger partial charge in [0.05, 0.1) is 11.2 Å². The van der Waals surface area contributed by atoms with Crippen molar-refractivity contribution < 1.29 is 14.4 Å². The molecule has 0 radical (unpaired) electrons. The van der Waals surface area contributed by atoms with Gasteiger partial charge in [-0.15, -0.1) is 23.2 Å². The van der Waals surface area contributed by atoms with E-state index in [4.69, 9.17) is 28.9 Å². The Morgan fingerprint density at radius 1 is 1.30 bits per heavy atom. The molecule has 3 N–H and O–H groups in total. The molecule has 176 valence electrons. The van der Waals surface area contributed by atoms with Crippen molar-refractivity contribution in [3.8, 4) is 0 Å². The quantitative estimate of drug-likeness (QED) is 0.595. The maximum atomic E-state index is 13.4. The summed E-state index contributed by atoms with van der Waals surface area (Å²) in [5, 5.41) is 7.90. The van der Waals surface area contributed by atoms with Crippen LogP contribution in [0.1, 0.15) is 48.1 Å². The number of nitrogens with two attached hydrogens (primary N) is 1. The fraction of sp³-hybridized carbons (Fsp3) is 0.591. The van der Waals surface area contributed by atoms with Gasteiger partial charge >= 0.3 is 0 Å². The van der Waals surface area contributed by atoms with Crippen molar-refractivity contribution in [3.63, 3.8) is 0 Å². The number of nitrogens with zero attached hydrogens (tertiary/aromatic N) is 4. The zero-order chi connectivity index (χ0) is 23.8. The lowest BCUT2D eigenvalue weighted by Crippen LogP contribution is -2.51. The van der Waals surface area contributed by atoms with E-state index in [1.807, 2.05) is 13.8 Å². The molecule has 0 spiro atoms. The molecule has 0 unspecified atom stereocenters. The first-order valence-corrected chi connectivity index (χ1v) is 11.9. The molecule has 5 rings (SSSR count). The normalized spacial score (nSPS) is 27.8. The van der Waals surface area contributed by atoms with Gasteiger partial charge in [-0.05, 0) is 52.0 Å². The molecule has 2 aliphatic carbocycles. The number of hydrogen-bond acceptors (Lipinski definition) is 5. The molecule has 2 saturated carbocycles. The van der Waals surface area contributed by atoms with E-state index in [2.05, 4.69) is 15.4 Å². The third kappa shape index (κ3) is 3.85. The van der Waals surface area contributed by atoms with Crippen LogP contribution in [0.4, 0.5) is 0 Å². The summed E-state index contributed by atoms with van der Waals surface area (Å²) in [4.78, 5) is 44.5. The molecule has 3 fully saturated rings. The van der Waals surface area contributed by atoms with Gasteiger partial charge in [-0.25, -0.2) is 0 Å². The highest BCUT2D eigenvalue weighted by Gasteiger charge is 2.58. The van der Waals surface area contributed by atoms with Crippen molar-refractivity contribution >= 4 is 51.8 Å². The Labute approximate surface area is 201 Å². The van der Waals surface area contributed by atoms with Gasteiger partial charge in [0, 0.05) is 29.1 Å². The van der Waals surface area contributed by atoms with E-state index in [-0.39, 0.29) is 42.1 Å². The molecule has 9 nitrogen and oxygen atoms in total. The largest absolute Gasteiger partial charge is 0.364 e. The van der Waals surface area contributed by atoms with Gasteiger partial charge in [0.15, 0.2) is 5.69 Å². The van der Waals surface area contributed by atoms with E-state index in [9.17, 15) is 14.4 Å². The van der Waals surface area contributed by atoms with Crippen molar-refractivity contribution in [2.45, 2.75) is 69.0 Å². The first-order valence-electron chi connectivity index (χ1n) is 11.1. The minimum atomic E-state index is -0.788. The summed E-state index contributed by atoms with van der Waals surface area (Å²) in [5.41, 5.74) is 7.62. The van der Waals surface area contributed by atoms with Crippen molar-refractivity contribution in [2.75, 3.05) is 0 Å². The Bertz CT molecular complexity index is 1190. The second-order valence-corrected chi connectivity index (χ2v) is 11.1. The number of hydrogen-bond donors (Lipinski definition) is 2. The van der Waals surface area contributed by atoms with Crippen molar-refractivity contribution in [1.29, 1.82) is 0 Å². The molecule has 3 aliphatic rings. The molecule has 0 bridgehead atoms. The molecule has 5 atom stereocenters. The van der Waals surface area contributed by atoms with Crippen LogP contribution in [-0.4, -0.2) is 59.8 Å². The van der Waals surface area contributed by atoms with Gasteiger partial charge in [0.25, 0.3) is 5.91 Å².